The number of hydrogen-bond donors (Lipinski definition) is 2. The molecule has 2 N–H and O–H groups in total. The molecule has 84 valence electrons. The molecule has 0 bridgehead atoms. The molecule has 0 aliphatic carbocycles. The van der Waals surface area contributed by atoms with E-state index >= 15 is 0 Å². The van der Waals surface area contributed by atoms with Gasteiger partial charge in [-0.3, -0.25) is 0 Å². The first kappa shape index (κ1) is 11.1. The van der Waals surface area contributed by atoms with Gasteiger partial charge in [0.2, 0.25) is 0 Å². The average Bonchev–Trinajstić information content (AvgIpc) is 2.71. The largest absolute Gasteiger partial charge is 0.507 e. The van der Waals surface area contributed by atoms with Crippen molar-refractivity contribution in [1.82, 2.24) is 10.1 Å². The second-order valence-electron chi connectivity index (χ2n) is 3.15. The molecule has 0 aliphatic heterocycles. The lowest BCUT2D eigenvalue weighted by Crippen LogP contribution is -1.92. The number of aromatic nitrogens is 2. The summed E-state index contributed by atoms with van der Waals surface area (Å²) in [7, 11) is 0. The first-order chi connectivity index (χ1) is 7.70. The predicted molar refractivity (Wildman–Crippen MR) is 59.9 cm³/mol. The number of nitrogens with zero attached hydrogens (tertiary/aromatic N) is 2. The van der Waals surface area contributed by atoms with Crippen molar-refractivity contribution in [1.29, 1.82) is 0 Å². The van der Waals surface area contributed by atoms with Gasteiger partial charge in [0.25, 0.3) is 5.89 Å². The Hall–Kier alpha value is -1.40. The second-order valence-corrected chi connectivity index (χ2v) is 4.07. The number of aromatic hydroxyl groups is 1. The second kappa shape index (κ2) is 4.63. The Kier molecular flexibility index (Phi) is 3.21. The van der Waals surface area contributed by atoms with Crippen molar-refractivity contribution in [3.63, 3.8) is 0 Å². The highest BCUT2D eigenvalue weighted by Gasteiger charge is 2.12. The van der Waals surface area contributed by atoms with Gasteiger partial charge in [-0.2, -0.15) is 4.98 Å². The monoisotopic (exact) mass is 284 g/mol. The number of hydrogen-bond acceptors (Lipinski definition) is 5. The molecule has 5 nitrogen and oxygen atoms in total. The molecule has 0 saturated heterocycles. The van der Waals surface area contributed by atoms with E-state index in [4.69, 9.17) is 9.63 Å². The molecule has 1 aromatic carbocycles. The highest BCUT2D eigenvalue weighted by molar-refractivity contribution is 9.10. The van der Waals surface area contributed by atoms with Crippen LogP contribution in [-0.4, -0.2) is 27.0 Å². The van der Waals surface area contributed by atoms with Crippen molar-refractivity contribution in [2.45, 2.75) is 6.42 Å². The van der Waals surface area contributed by atoms with E-state index in [2.05, 4.69) is 26.1 Å². The van der Waals surface area contributed by atoms with Crippen molar-refractivity contribution in [3.8, 4) is 17.2 Å². The van der Waals surface area contributed by atoms with Gasteiger partial charge in [-0.15, -0.1) is 0 Å². The van der Waals surface area contributed by atoms with Gasteiger partial charge in [-0.25, -0.2) is 0 Å². The Morgan fingerprint density at radius 2 is 2.19 bits per heavy atom. The summed E-state index contributed by atoms with van der Waals surface area (Å²) in [4.78, 5) is 4.05. The standard InChI is InChI=1S/C10H9BrN2O3/c11-6-1-2-8(15)7(5-6)10-12-9(3-4-14)13-16-10/h1-2,5,14-15H,3-4H2. The normalized spacial score (nSPS) is 10.6. The third kappa shape index (κ3) is 2.23. The molecule has 6 heteroatoms. The van der Waals surface area contributed by atoms with Crippen LogP contribution in [0, 0.1) is 0 Å². The maximum atomic E-state index is 9.63. The number of phenolic OH excluding ortho intramolecular Hbond substituents is 1. The van der Waals surface area contributed by atoms with Crippen LogP contribution in [0.3, 0.4) is 0 Å². The summed E-state index contributed by atoms with van der Waals surface area (Å²) in [5, 5.41) is 22.0. The van der Waals surface area contributed by atoms with Gasteiger partial charge in [0.05, 0.1) is 12.2 Å². The van der Waals surface area contributed by atoms with E-state index in [1.165, 1.54) is 6.07 Å². The SMILES string of the molecule is OCCc1noc(-c2cc(Br)ccc2O)n1. The molecule has 0 fully saturated rings. The predicted octanol–water partition coefficient (Wildman–Crippen LogP) is 1.74. The minimum Gasteiger partial charge on any atom is -0.507 e. The van der Waals surface area contributed by atoms with Crippen LogP contribution >= 0.6 is 15.9 Å². The van der Waals surface area contributed by atoms with Gasteiger partial charge < -0.3 is 14.7 Å². The molecular formula is C10H9BrN2O3. The van der Waals surface area contributed by atoms with Gasteiger partial charge >= 0.3 is 0 Å². The number of phenols is 1. The molecule has 1 heterocycles. The zero-order valence-electron chi connectivity index (χ0n) is 8.22. The molecule has 0 saturated carbocycles. The lowest BCUT2D eigenvalue weighted by molar-refractivity contribution is 0.293. The molecule has 0 spiro atoms. The molecule has 1 aromatic heterocycles. The first-order valence-electron chi connectivity index (χ1n) is 4.63. The Balaban J connectivity index is 2.38. The van der Waals surface area contributed by atoms with E-state index in [1.807, 2.05) is 0 Å². The molecule has 2 aromatic rings. The van der Waals surface area contributed by atoms with Crippen LogP contribution in [0.1, 0.15) is 5.82 Å². The van der Waals surface area contributed by atoms with Crippen molar-refractivity contribution in [3.05, 3.63) is 28.5 Å². The zero-order valence-corrected chi connectivity index (χ0v) is 9.81. The Bertz CT molecular complexity index is 499. The number of aliphatic hydroxyl groups is 1. The molecule has 0 amide bonds. The minimum absolute atomic E-state index is 0.0383. The number of halogens is 1. The average molecular weight is 285 g/mol. The molecule has 2 rings (SSSR count). The fourth-order valence-corrected chi connectivity index (χ4v) is 1.61. The van der Waals surface area contributed by atoms with Crippen LogP contribution in [0.15, 0.2) is 27.2 Å². The summed E-state index contributed by atoms with van der Waals surface area (Å²) in [5.41, 5.74) is 0.464. The molecular weight excluding hydrogens is 276 g/mol. The lowest BCUT2D eigenvalue weighted by atomic mass is 10.2. The van der Waals surface area contributed by atoms with Gasteiger partial charge in [0, 0.05) is 10.9 Å². The van der Waals surface area contributed by atoms with E-state index < -0.39 is 0 Å². The van der Waals surface area contributed by atoms with E-state index in [0.717, 1.165) is 4.47 Å². The molecule has 0 unspecified atom stereocenters. The van der Waals surface area contributed by atoms with Gasteiger partial charge in [-0.05, 0) is 18.2 Å². The Labute approximate surface area is 99.9 Å². The van der Waals surface area contributed by atoms with Gasteiger partial charge in [0.15, 0.2) is 5.82 Å². The fraction of sp³-hybridized carbons (Fsp3) is 0.200. The summed E-state index contributed by atoms with van der Waals surface area (Å²) in [6.45, 7) is -0.0383. The maximum absolute atomic E-state index is 9.63. The van der Waals surface area contributed by atoms with Crippen LogP contribution in [-0.2, 0) is 6.42 Å². The highest BCUT2D eigenvalue weighted by Crippen LogP contribution is 2.30. The van der Waals surface area contributed by atoms with Crippen LogP contribution in [0.5, 0.6) is 5.75 Å². The Morgan fingerprint density at radius 3 is 2.94 bits per heavy atom. The van der Waals surface area contributed by atoms with E-state index in [9.17, 15) is 5.11 Å². The van der Waals surface area contributed by atoms with E-state index in [1.54, 1.807) is 12.1 Å². The molecule has 0 aliphatic rings. The third-order valence-electron chi connectivity index (χ3n) is 1.99. The van der Waals surface area contributed by atoms with Crippen LogP contribution in [0.2, 0.25) is 0 Å². The summed E-state index contributed by atoms with van der Waals surface area (Å²) in [6, 6.07) is 4.94. The summed E-state index contributed by atoms with van der Waals surface area (Å²) in [5.74, 6) is 0.724. The summed E-state index contributed by atoms with van der Waals surface area (Å²) in [6.07, 6.45) is 0.332. The summed E-state index contributed by atoms with van der Waals surface area (Å²) >= 11 is 3.29. The Morgan fingerprint density at radius 1 is 1.38 bits per heavy atom. The number of benzene rings is 1. The van der Waals surface area contributed by atoms with Crippen molar-refractivity contribution >= 4 is 15.9 Å². The van der Waals surface area contributed by atoms with Gasteiger partial charge in [-0.1, -0.05) is 21.1 Å². The topological polar surface area (TPSA) is 79.4 Å². The number of rotatable bonds is 3. The van der Waals surface area contributed by atoms with E-state index in [0.29, 0.717) is 17.8 Å². The van der Waals surface area contributed by atoms with Crippen LogP contribution < -0.4 is 0 Å². The first-order valence-corrected chi connectivity index (χ1v) is 5.42. The van der Waals surface area contributed by atoms with Crippen LogP contribution in [0.4, 0.5) is 0 Å². The van der Waals surface area contributed by atoms with E-state index in [-0.39, 0.29) is 18.2 Å². The number of aliphatic hydroxyl groups excluding tert-OH is 1. The molecule has 0 radical (unpaired) electrons. The van der Waals surface area contributed by atoms with Crippen LogP contribution in [0.25, 0.3) is 11.5 Å². The molecule has 0 atom stereocenters. The third-order valence-corrected chi connectivity index (χ3v) is 2.49. The quantitative estimate of drug-likeness (QED) is 0.898. The van der Waals surface area contributed by atoms with Gasteiger partial charge in [0.1, 0.15) is 5.75 Å². The van der Waals surface area contributed by atoms with Crippen molar-refractivity contribution in [2.24, 2.45) is 0 Å². The fourth-order valence-electron chi connectivity index (χ4n) is 1.24. The van der Waals surface area contributed by atoms with Crippen molar-refractivity contribution < 1.29 is 14.7 Å². The minimum atomic E-state index is -0.0383. The highest BCUT2D eigenvalue weighted by atomic mass is 79.9. The summed E-state index contributed by atoms with van der Waals surface area (Å²) < 4.78 is 5.79. The van der Waals surface area contributed by atoms with Crippen molar-refractivity contribution in [2.75, 3.05) is 6.61 Å². The lowest BCUT2D eigenvalue weighted by Gasteiger charge is -1.99. The zero-order chi connectivity index (χ0) is 11.5. The smallest absolute Gasteiger partial charge is 0.261 e. The molecule has 16 heavy (non-hydrogen) atoms. The maximum Gasteiger partial charge on any atom is 0.261 e.